The molecular weight excluding hydrogens is 355 g/mol. The third kappa shape index (κ3) is 5.61. The molecule has 0 spiro atoms. The molecule has 0 amide bonds. The molecular formula is C19H19F5O2. The normalized spacial score (nSPS) is 11.7. The minimum Gasteiger partial charge on any atom is -0.432 e. The molecule has 2 aromatic carbocycles. The van der Waals surface area contributed by atoms with Crippen LogP contribution in [0.25, 0.3) is 0 Å². The standard InChI is InChI=1S/C19H19F5O2/c1-2-3-4-5-13-6-8-14(9-7-13)19(23,24)26-15-10-11-17(16(20)12-15)25-18(21)22/h6-12,18H,2-5H2,1H3. The van der Waals surface area contributed by atoms with E-state index in [-0.39, 0.29) is 5.56 Å². The molecule has 0 saturated heterocycles. The van der Waals surface area contributed by atoms with E-state index in [9.17, 15) is 22.0 Å². The summed E-state index contributed by atoms with van der Waals surface area (Å²) in [4.78, 5) is 0. The molecule has 0 aromatic heterocycles. The van der Waals surface area contributed by atoms with Crippen LogP contribution in [0.5, 0.6) is 11.5 Å². The first-order chi connectivity index (χ1) is 12.3. The Bertz CT molecular complexity index is 702. The second kappa shape index (κ2) is 8.87. The number of rotatable bonds is 9. The van der Waals surface area contributed by atoms with E-state index in [1.165, 1.54) is 12.1 Å². The quantitative estimate of drug-likeness (QED) is 0.379. The second-order valence-corrected chi connectivity index (χ2v) is 5.74. The maximum absolute atomic E-state index is 14.2. The summed E-state index contributed by atoms with van der Waals surface area (Å²) in [6.45, 7) is -1.13. The van der Waals surface area contributed by atoms with Crippen LogP contribution in [0.4, 0.5) is 22.0 Å². The van der Waals surface area contributed by atoms with Gasteiger partial charge in [0.15, 0.2) is 11.6 Å². The predicted octanol–water partition coefficient (Wildman–Crippen LogP) is 6.29. The fourth-order valence-corrected chi connectivity index (χ4v) is 2.39. The van der Waals surface area contributed by atoms with Gasteiger partial charge >= 0.3 is 12.7 Å². The molecule has 0 radical (unpaired) electrons. The largest absolute Gasteiger partial charge is 0.432 e. The highest BCUT2D eigenvalue weighted by Crippen LogP contribution is 2.33. The molecule has 0 aliphatic rings. The minimum absolute atomic E-state index is 0.384. The van der Waals surface area contributed by atoms with Crippen LogP contribution in [0.1, 0.15) is 37.3 Å². The Morgan fingerprint density at radius 3 is 2.27 bits per heavy atom. The number of hydrogen-bond acceptors (Lipinski definition) is 2. The lowest BCUT2D eigenvalue weighted by Crippen LogP contribution is -2.22. The number of halogens is 5. The summed E-state index contributed by atoms with van der Waals surface area (Å²) in [6, 6.07) is 8.03. The maximum atomic E-state index is 14.2. The molecule has 0 atom stereocenters. The van der Waals surface area contributed by atoms with Crippen molar-refractivity contribution < 1.29 is 31.4 Å². The maximum Gasteiger partial charge on any atom is 0.426 e. The number of unbranched alkanes of at least 4 members (excludes halogenated alkanes) is 2. The molecule has 0 aliphatic heterocycles. The van der Waals surface area contributed by atoms with E-state index in [1.54, 1.807) is 12.1 Å². The predicted molar refractivity (Wildman–Crippen MR) is 87.2 cm³/mol. The first kappa shape index (κ1) is 20.0. The topological polar surface area (TPSA) is 18.5 Å². The SMILES string of the molecule is CCCCCc1ccc(C(F)(F)Oc2ccc(OC(F)F)c(F)c2)cc1. The fourth-order valence-electron chi connectivity index (χ4n) is 2.39. The lowest BCUT2D eigenvalue weighted by atomic mass is 10.1. The Morgan fingerprint density at radius 1 is 1.00 bits per heavy atom. The van der Waals surface area contributed by atoms with Gasteiger partial charge in [-0.2, -0.15) is 17.6 Å². The Balaban J connectivity index is 2.06. The molecule has 2 nitrogen and oxygen atoms in total. The zero-order chi connectivity index (χ0) is 19.2. The van der Waals surface area contributed by atoms with Crippen molar-refractivity contribution in [2.75, 3.05) is 0 Å². The van der Waals surface area contributed by atoms with Crippen LogP contribution in [-0.4, -0.2) is 6.61 Å². The van der Waals surface area contributed by atoms with E-state index in [0.717, 1.165) is 43.4 Å². The van der Waals surface area contributed by atoms with E-state index in [4.69, 9.17) is 0 Å². The van der Waals surface area contributed by atoms with E-state index in [1.807, 2.05) is 0 Å². The van der Waals surface area contributed by atoms with Gasteiger partial charge in [0.25, 0.3) is 0 Å². The Morgan fingerprint density at radius 2 is 1.69 bits per heavy atom. The van der Waals surface area contributed by atoms with Gasteiger partial charge in [-0.15, -0.1) is 0 Å². The third-order valence-electron chi connectivity index (χ3n) is 3.72. The van der Waals surface area contributed by atoms with Crippen LogP contribution < -0.4 is 9.47 Å². The molecule has 0 fully saturated rings. The molecule has 2 rings (SSSR count). The van der Waals surface area contributed by atoms with Gasteiger partial charge in [-0.1, -0.05) is 31.9 Å². The van der Waals surface area contributed by atoms with Crippen LogP contribution in [0.3, 0.4) is 0 Å². The summed E-state index contributed by atoms with van der Waals surface area (Å²) in [6.07, 6.45) is 0.228. The molecule has 0 aliphatic carbocycles. The molecule has 142 valence electrons. The van der Waals surface area contributed by atoms with Crippen LogP contribution in [0.15, 0.2) is 42.5 Å². The van der Waals surface area contributed by atoms with Crippen molar-refractivity contribution in [3.8, 4) is 11.5 Å². The van der Waals surface area contributed by atoms with E-state index < -0.39 is 30.0 Å². The van der Waals surface area contributed by atoms with Crippen molar-refractivity contribution >= 4 is 0 Å². The van der Waals surface area contributed by atoms with Gasteiger partial charge in [0, 0.05) is 6.07 Å². The zero-order valence-corrected chi connectivity index (χ0v) is 14.2. The summed E-state index contributed by atoms with van der Waals surface area (Å²) in [5.74, 6) is -2.46. The van der Waals surface area contributed by atoms with Crippen molar-refractivity contribution in [1.29, 1.82) is 0 Å². The van der Waals surface area contributed by atoms with E-state index in [0.29, 0.717) is 6.07 Å². The lowest BCUT2D eigenvalue weighted by molar-refractivity contribution is -0.185. The average Bonchev–Trinajstić information content (AvgIpc) is 2.57. The molecule has 7 heteroatoms. The highest BCUT2D eigenvalue weighted by atomic mass is 19.3. The highest BCUT2D eigenvalue weighted by molar-refractivity contribution is 5.34. The number of aryl methyl sites for hydroxylation is 1. The van der Waals surface area contributed by atoms with Crippen molar-refractivity contribution in [2.45, 2.75) is 45.3 Å². The average molecular weight is 374 g/mol. The zero-order valence-electron chi connectivity index (χ0n) is 14.2. The van der Waals surface area contributed by atoms with Gasteiger partial charge in [0.05, 0.1) is 5.56 Å². The third-order valence-corrected chi connectivity index (χ3v) is 3.72. The van der Waals surface area contributed by atoms with Crippen LogP contribution in [0, 0.1) is 5.82 Å². The molecule has 0 unspecified atom stereocenters. The number of alkyl halides is 4. The van der Waals surface area contributed by atoms with Gasteiger partial charge in [0.1, 0.15) is 5.75 Å². The molecule has 0 N–H and O–H groups in total. The van der Waals surface area contributed by atoms with Gasteiger partial charge in [-0.05, 0) is 42.7 Å². The van der Waals surface area contributed by atoms with Crippen LogP contribution in [-0.2, 0) is 12.5 Å². The van der Waals surface area contributed by atoms with Crippen molar-refractivity contribution in [1.82, 2.24) is 0 Å². The summed E-state index contributed by atoms with van der Waals surface area (Å²) >= 11 is 0. The van der Waals surface area contributed by atoms with E-state index in [2.05, 4.69) is 16.4 Å². The van der Waals surface area contributed by atoms with Gasteiger partial charge < -0.3 is 9.47 Å². The second-order valence-electron chi connectivity index (χ2n) is 5.74. The molecule has 26 heavy (non-hydrogen) atoms. The first-order valence-electron chi connectivity index (χ1n) is 8.22. The van der Waals surface area contributed by atoms with Crippen LogP contribution in [0.2, 0.25) is 0 Å². The minimum atomic E-state index is -3.69. The number of hydrogen-bond donors (Lipinski definition) is 0. The lowest BCUT2D eigenvalue weighted by Gasteiger charge is -2.19. The van der Waals surface area contributed by atoms with Crippen molar-refractivity contribution in [2.24, 2.45) is 0 Å². The molecule has 2 aromatic rings. The fraction of sp³-hybridized carbons (Fsp3) is 0.368. The monoisotopic (exact) mass is 374 g/mol. The van der Waals surface area contributed by atoms with Crippen molar-refractivity contribution in [3.63, 3.8) is 0 Å². The van der Waals surface area contributed by atoms with Gasteiger partial charge in [0.2, 0.25) is 0 Å². The number of ether oxygens (including phenoxy) is 2. The highest BCUT2D eigenvalue weighted by Gasteiger charge is 2.34. The summed E-state index contributed by atoms with van der Waals surface area (Å²) in [7, 11) is 0. The molecule has 0 saturated carbocycles. The summed E-state index contributed by atoms with van der Waals surface area (Å²) < 4.78 is 74.7. The Kier molecular flexibility index (Phi) is 6.83. The smallest absolute Gasteiger partial charge is 0.426 e. The first-order valence-corrected chi connectivity index (χ1v) is 8.22. The van der Waals surface area contributed by atoms with Crippen molar-refractivity contribution in [3.05, 3.63) is 59.4 Å². The van der Waals surface area contributed by atoms with E-state index >= 15 is 0 Å². The van der Waals surface area contributed by atoms with Gasteiger partial charge in [-0.3, -0.25) is 0 Å². The molecule has 0 heterocycles. The Hall–Kier alpha value is -2.31. The summed E-state index contributed by atoms with van der Waals surface area (Å²) in [5, 5.41) is 0. The van der Waals surface area contributed by atoms with Crippen LogP contribution >= 0.6 is 0 Å². The molecule has 0 bridgehead atoms. The van der Waals surface area contributed by atoms with Gasteiger partial charge in [-0.25, -0.2) is 4.39 Å². The summed E-state index contributed by atoms with van der Waals surface area (Å²) in [5.41, 5.74) is 0.558. The Labute approximate surface area is 148 Å². The number of benzene rings is 2.